The summed E-state index contributed by atoms with van der Waals surface area (Å²) in [4.78, 5) is 38.4. The molecule has 1 aromatic heterocycles. The highest BCUT2D eigenvalue weighted by molar-refractivity contribution is 7.99. The zero-order valence-electron chi connectivity index (χ0n) is 25.2. The molecular formula is C36H31FN4O4S. The molecule has 10 heteroatoms. The number of halogens is 1. The first-order valence-electron chi connectivity index (χ1n) is 14.9. The van der Waals surface area contributed by atoms with Crippen molar-refractivity contribution in [2.24, 2.45) is 0 Å². The van der Waals surface area contributed by atoms with Crippen LogP contribution in [0.3, 0.4) is 0 Å². The van der Waals surface area contributed by atoms with Gasteiger partial charge in [0.25, 0.3) is 0 Å². The minimum absolute atomic E-state index is 0.0691. The van der Waals surface area contributed by atoms with Crippen LogP contribution in [0, 0.1) is 5.82 Å². The number of benzene rings is 4. The summed E-state index contributed by atoms with van der Waals surface area (Å²) in [6.45, 7) is 0. The monoisotopic (exact) mass is 634 g/mol. The number of aromatic nitrogens is 2. The van der Waals surface area contributed by atoms with Crippen LogP contribution in [0.1, 0.15) is 35.9 Å². The van der Waals surface area contributed by atoms with Crippen LogP contribution in [0.25, 0.3) is 11.0 Å². The quantitative estimate of drug-likeness (QED) is 0.180. The number of aromatic amines is 1. The summed E-state index contributed by atoms with van der Waals surface area (Å²) in [6, 6.07) is 26.3. The second-order valence-corrected chi connectivity index (χ2v) is 12.2. The third-order valence-corrected chi connectivity index (χ3v) is 9.37. The van der Waals surface area contributed by atoms with Crippen LogP contribution < -0.4 is 19.7 Å². The van der Waals surface area contributed by atoms with Gasteiger partial charge in [-0.15, -0.1) is 0 Å². The van der Waals surface area contributed by atoms with Crippen LogP contribution in [0.15, 0.2) is 107 Å². The highest BCUT2D eigenvalue weighted by Crippen LogP contribution is 2.48. The molecule has 232 valence electrons. The van der Waals surface area contributed by atoms with Gasteiger partial charge in [-0.2, -0.15) is 0 Å². The van der Waals surface area contributed by atoms with E-state index in [1.807, 2.05) is 66.7 Å². The van der Waals surface area contributed by atoms with E-state index in [1.54, 1.807) is 31.3 Å². The van der Waals surface area contributed by atoms with E-state index in [-0.39, 0.29) is 35.6 Å². The lowest BCUT2D eigenvalue weighted by Crippen LogP contribution is -2.39. The van der Waals surface area contributed by atoms with Crippen LogP contribution in [0.4, 0.5) is 15.8 Å². The fourth-order valence-corrected chi connectivity index (χ4v) is 7.07. The Bertz CT molecular complexity index is 1990. The topological polar surface area (TPSA) is 96.6 Å². The van der Waals surface area contributed by atoms with E-state index in [0.29, 0.717) is 34.3 Å². The number of carbonyl (C=O) groups excluding carboxylic acids is 2. The highest BCUT2D eigenvalue weighted by atomic mass is 32.2. The Hall–Kier alpha value is -5.09. The van der Waals surface area contributed by atoms with Crippen molar-refractivity contribution in [2.75, 3.05) is 30.2 Å². The fraction of sp³-hybridized carbons (Fsp3) is 0.194. The second kappa shape index (κ2) is 12.4. The van der Waals surface area contributed by atoms with Crippen molar-refractivity contribution in [3.63, 3.8) is 0 Å². The maximum absolute atomic E-state index is 14.5. The number of ether oxygens (including phenoxy) is 2. The number of methoxy groups -OCH3 is 2. The molecule has 2 heterocycles. The Morgan fingerprint density at radius 2 is 1.72 bits per heavy atom. The van der Waals surface area contributed by atoms with E-state index in [1.165, 1.54) is 23.9 Å². The molecule has 0 radical (unpaired) electrons. The van der Waals surface area contributed by atoms with Gasteiger partial charge in [-0.3, -0.25) is 14.5 Å². The van der Waals surface area contributed by atoms with Crippen LogP contribution in [0.2, 0.25) is 0 Å². The number of anilines is 2. The van der Waals surface area contributed by atoms with E-state index in [0.717, 1.165) is 33.5 Å². The van der Waals surface area contributed by atoms with Gasteiger partial charge in [-0.1, -0.05) is 48.2 Å². The number of imidazole rings is 1. The van der Waals surface area contributed by atoms with Crippen LogP contribution in [-0.4, -0.2) is 41.6 Å². The third-order valence-electron chi connectivity index (χ3n) is 8.51. The molecule has 2 N–H and O–H groups in total. The molecule has 1 aliphatic heterocycles. The number of ketones is 1. The number of carbonyl (C=O) groups is 2. The van der Waals surface area contributed by atoms with Crippen molar-refractivity contribution in [1.29, 1.82) is 0 Å². The first kappa shape index (κ1) is 29.6. The number of allylic oxidation sites excluding steroid dienone is 1. The van der Waals surface area contributed by atoms with E-state index < -0.39 is 6.04 Å². The number of para-hydroxylation sites is 2. The first-order valence-corrected chi connectivity index (χ1v) is 15.9. The number of Topliss-reactive ketones (excluding diaryl/α,β-unsaturated/α-hetero) is 1. The van der Waals surface area contributed by atoms with Crippen molar-refractivity contribution in [2.45, 2.75) is 30.0 Å². The molecule has 1 aliphatic carbocycles. The third kappa shape index (κ3) is 5.60. The molecule has 7 rings (SSSR count). The van der Waals surface area contributed by atoms with E-state index >= 15 is 0 Å². The van der Waals surface area contributed by atoms with Crippen molar-refractivity contribution in [3.05, 3.63) is 119 Å². The molecule has 1 amide bonds. The van der Waals surface area contributed by atoms with Gasteiger partial charge in [0.05, 0.1) is 48.4 Å². The summed E-state index contributed by atoms with van der Waals surface area (Å²) in [5, 5.41) is 4.14. The summed E-state index contributed by atoms with van der Waals surface area (Å²) < 4.78 is 24.6. The molecular weight excluding hydrogens is 603 g/mol. The summed E-state index contributed by atoms with van der Waals surface area (Å²) in [5.74, 6) is 0.689. The van der Waals surface area contributed by atoms with E-state index in [4.69, 9.17) is 9.47 Å². The van der Waals surface area contributed by atoms with E-state index in [9.17, 15) is 14.0 Å². The highest BCUT2D eigenvalue weighted by Gasteiger charge is 2.41. The molecule has 8 nitrogen and oxygen atoms in total. The minimum atomic E-state index is -0.712. The lowest BCUT2D eigenvalue weighted by atomic mass is 9.78. The lowest BCUT2D eigenvalue weighted by Gasteiger charge is -2.35. The molecule has 0 spiro atoms. The number of hydrogen-bond donors (Lipinski definition) is 2. The Morgan fingerprint density at radius 1 is 0.935 bits per heavy atom. The van der Waals surface area contributed by atoms with Crippen molar-refractivity contribution < 1.29 is 23.5 Å². The van der Waals surface area contributed by atoms with Gasteiger partial charge in [0, 0.05) is 23.8 Å². The Balaban J connectivity index is 1.30. The normalized spacial score (nSPS) is 17.6. The van der Waals surface area contributed by atoms with E-state index in [2.05, 4.69) is 15.3 Å². The number of H-pyrrole nitrogens is 1. The van der Waals surface area contributed by atoms with Crippen molar-refractivity contribution in [3.8, 4) is 11.5 Å². The number of amides is 1. The van der Waals surface area contributed by atoms with Gasteiger partial charge in [0.2, 0.25) is 5.91 Å². The lowest BCUT2D eigenvalue weighted by molar-refractivity contribution is -0.117. The van der Waals surface area contributed by atoms with Crippen LogP contribution in [-0.2, 0) is 9.59 Å². The number of hydrogen-bond acceptors (Lipinski definition) is 7. The second-order valence-electron chi connectivity index (χ2n) is 11.3. The zero-order chi connectivity index (χ0) is 31.8. The van der Waals surface area contributed by atoms with Gasteiger partial charge in [-0.25, -0.2) is 9.37 Å². The first-order chi connectivity index (χ1) is 22.4. The smallest absolute Gasteiger partial charge is 0.238 e. The van der Waals surface area contributed by atoms with Gasteiger partial charge in [-0.05, 0) is 72.0 Å². The number of rotatable bonds is 7. The molecule has 0 bridgehead atoms. The molecule has 2 aliphatic rings. The Kier molecular flexibility index (Phi) is 7.96. The van der Waals surface area contributed by atoms with Gasteiger partial charge in [0.15, 0.2) is 10.9 Å². The van der Waals surface area contributed by atoms with Crippen molar-refractivity contribution in [1.82, 2.24) is 9.97 Å². The molecule has 0 fully saturated rings. The van der Waals surface area contributed by atoms with Crippen LogP contribution in [0.5, 0.6) is 11.5 Å². The molecule has 0 unspecified atom stereocenters. The Morgan fingerprint density at radius 3 is 2.52 bits per heavy atom. The van der Waals surface area contributed by atoms with Gasteiger partial charge in [0.1, 0.15) is 17.3 Å². The number of nitrogens with one attached hydrogen (secondary N) is 2. The fourth-order valence-electron chi connectivity index (χ4n) is 6.32. The molecule has 2 atom stereocenters. The maximum atomic E-state index is 14.5. The standard InChI is InChI=1S/C36H31FN4O4S/c1-44-25-7-5-6-22(16-25)35-34-30(17-23(18-32(34)42)21-10-12-24(37)13-11-21)38-28-8-3-4-9-31(28)41(35)33(43)20-46-36-39-27-15-14-26(45-2)19-29(27)40-36/h3-16,19,23,35,38H,17-18,20H2,1-2H3,(H,39,40)/t23-,35-/m0/s1. The van der Waals surface area contributed by atoms with Gasteiger partial charge >= 0.3 is 0 Å². The largest absolute Gasteiger partial charge is 0.497 e. The minimum Gasteiger partial charge on any atom is -0.497 e. The average Bonchev–Trinajstić information content (AvgIpc) is 3.42. The van der Waals surface area contributed by atoms with Gasteiger partial charge < -0.3 is 19.8 Å². The molecule has 46 heavy (non-hydrogen) atoms. The molecule has 0 saturated heterocycles. The number of fused-ring (bicyclic) bond motifs is 2. The molecule has 4 aromatic carbocycles. The summed E-state index contributed by atoms with van der Waals surface area (Å²) >= 11 is 1.30. The Labute approximate surface area is 269 Å². The number of thioether (sulfide) groups is 1. The SMILES string of the molecule is COc1cccc([C@H]2C3=C(C[C@H](c4ccc(F)cc4)CC3=O)Nc3ccccc3N2C(=O)CSc2nc3ccc(OC)cc3[nH]2)c1. The summed E-state index contributed by atoms with van der Waals surface area (Å²) in [7, 11) is 3.20. The average molecular weight is 635 g/mol. The predicted octanol–water partition coefficient (Wildman–Crippen LogP) is 7.41. The predicted molar refractivity (Wildman–Crippen MR) is 177 cm³/mol. The molecule has 0 saturated carbocycles. The van der Waals surface area contributed by atoms with Crippen LogP contribution >= 0.6 is 11.8 Å². The maximum Gasteiger partial charge on any atom is 0.238 e. The number of nitrogens with zero attached hydrogens (tertiary/aromatic N) is 2. The summed E-state index contributed by atoms with van der Waals surface area (Å²) in [5.41, 5.74) is 5.91. The molecule has 5 aromatic rings. The zero-order valence-corrected chi connectivity index (χ0v) is 26.1. The van der Waals surface area contributed by atoms with Crippen molar-refractivity contribution >= 4 is 45.9 Å². The summed E-state index contributed by atoms with van der Waals surface area (Å²) in [6.07, 6.45) is 0.767.